The molecule has 0 saturated carbocycles. The summed E-state index contributed by atoms with van der Waals surface area (Å²) in [6, 6.07) is 8.93. The smallest absolute Gasteiger partial charge is 0.454 e. The number of methoxy groups -OCH3 is 1. The molecule has 16 nitrogen and oxygen atoms in total. The summed E-state index contributed by atoms with van der Waals surface area (Å²) < 4.78 is 44.5. The van der Waals surface area contributed by atoms with Crippen molar-refractivity contribution in [3.63, 3.8) is 0 Å². The Morgan fingerprint density at radius 3 is 2.33 bits per heavy atom. The van der Waals surface area contributed by atoms with E-state index >= 15 is 0 Å². The molecule has 0 saturated heterocycles. The number of H-pyrrole nitrogens is 1. The number of rotatable bonds is 9. The van der Waals surface area contributed by atoms with Crippen LogP contribution in [0.15, 0.2) is 58.6 Å². The molecule has 3 aromatic heterocycles. The van der Waals surface area contributed by atoms with Crippen LogP contribution in [-0.4, -0.2) is 62.0 Å². The maximum Gasteiger partial charge on any atom is 0.454 e. The Balaban J connectivity index is 1.97. The third-order valence-corrected chi connectivity index (χ3v) is 6.51. The van der Waals surface area contributed by atoms with Crippen LogP contribution in [0, 0.1) is 6.92 Å². The number of nitrogens with zero attached hydrogens (tertiary/aromatic N) is 3. The molecule has 1 aromatic carbocycles. The van der Waals surface area contributed by atoms with Gasteiger partial charge in [0.1, 0.15) is 5.82 Å². The SMILES string of the molecule is COc1ccccc1Oc1c(NS(=O)(=O)c2[nH]c(N)c(C)c(=O)c2O)nc(-c2ccncc2)nc1OC(O)(O)O. The normalized spacial score (nSPS) is 11.6. The van der Waals surface area contributed by atoms with Crippen molar-refractivity contribution in [1.82, 2.24) is 19.9 Å². The quantitative estimate of drug-likeness (QED) is 0.134. The number of nitrogen functional groups attached to an aromatic ring is 1. The number of aliphatic hydroxyl groups is 3. The molecule has 17 heteroatoms. The van der Waals surface area contributed by atoms with Gasteiger partial charge in [0, 0.05) is 23.5 Å². The molecule has 0 bridgehead atoms. The first kappa shape index (κ1) is 28.0. The Bertz CT molecular complexity index is 1720. The number of pyridine rings is 2. The van der Waals surface area contributed by atoms with Gasteiger partial charge in [-0.1, -0.05) is 12.1 Å². The van der Waals surface area contributed by atoms with Crippen molar-refractivity contribution in [3.05, 3.63) is 64.6 Å². The van der Waals surface area contributed by atoms with Crippen molar-refractivity contribution < 1.29 is 43.1 Å². The molecular weight excluding hydrogens is 552 g/mol. The number of nitrogens with two attached hydrogens (primary N) is 1. The van der Waals surface area contributed by atoms with E-state index in [0.29, 0.717) is 0 Å². The molecule has 0 amide bonds. The summed E-state index contributed by atoms with van der Waals surface area (Å²) >= 11 is 0. The molecule has 4 aromatic rings. The van der Waals surface area contributed by atoms with Crippen LogP contribution in [0.1, 0.15) is 5.56 Å². The van der Waals surface area contributed by atoms with E-state index in [9.17, 15) is 33.6 Å². The summed E-state index contributed by atoms with van der Waals surface area (Å²) in [5.74, 6) is -3.86. The molecule has 0 spiro atoms. The van der Waals surface area contributed by atoms with E-state index < -0.39 is 49.8 Å². The van der Waals surface area contributed by atoms with E-state index in [4.69, 9.17) is 19.9 Å². The molecule has 0 aliphatic heterocycles. The highest BCUT2D eigenvalue weighted by molar-refractivity contribution is 7.92. The fourth-order valence-electron chi connectivity index (χ4n) is 3.28. The van der Waals surface area contributed by atoms with Crippen molar-refractivity contribution in [3.8, 4) is 40.3 Å². The number of benzene rings is 1. The minimum absolute atomic E-state index is 0.0363. The number of ether oxygens (including phenoxy) is 3. The van der Waals surface area contributed by atoms with Gasteiger partial charge in [0.15, 0.2) is 23.1 Å². The van der Waals surface area contributed by atoms with Crippen molar-refractivity contribution in [2.75, 3.05) is 17.6 Å². The lowest BCUT2D eigenvalue weighted by Gasteiger charge is -2.21. The van der Waals surface area contributed by atoms with Crippen molar-refractivity contribution in [1.29, 1.82) is 0 Å². The third-order valence-electron chi connectivity index (χ3n) is 5.21. The number of para-hydroxylation sites is 2. The average molecular weight is 575 g/mol. The molecule has 0 atom stereocenters. The third kappa shape index (κ3) is 5.86. The predicted octanol–water partition coefficient (Wildman–Crippen LogP) is 0.392. The molecule has 0 radical (unpaired) electrons. The lowest BCUT2D eigenvalue weighted by Crippen LogP contribution is -2.35. The molecule has 4 rings (SSSR count). The van der Waals surface area contributed by atoms with Crippen LogP contribution >= 0.6 is 0 Å². The minimum Gasteiger partial charge on any atom is -0.502 e. The lowest BCUT2D eigenvalue weighted by molar-refractivity contribution is -0.420. The van der Waals surface area contributed by atoms with Gasteiger partial charge in [-0.3, -0.25) is 14.5 Å². The second kappa shape index (κ2) is 10.7. The fraction of sp³-hybridized carbons (Fsp3) is 0.130. The average Bonchev–Trinajstić information content (AvgIpc) is 2.90. The van der Waals surface area contributed by atoms with Crippen LogP contribution in [0.2, 0.25) is 0 Å². The van der Waals surface area contributed by atoms with Crippen LogP contribution in [-0.2, 0) is 10.0 Å². The largest absolute Gasteiger partial charge is 0.502 e. The topological polar surface area (TPSA) is 252 Å². The number of anilines is 2. The first-order valence-corrected chi connectivity index (χ1v) is 12.5. The van der Waals surface area contributed by atoms with E-state index in [1.807, 2.05) is 4.72 Å². The maximum absolute atomic E-state index is 13.4. The van der Waals surface area contributed by atoms with Crippen molar-refractivity contribution >= 4 is 21.7 Å². The zero-order valence-electron chi connectivity index (χ0n) is 20.7. The molecule has 0 unspecified atom stereocenters. The number of aromatic hydroxyl groups is 1. The van der Waals surface area contributed by atoms with E-state index in [0.717, 1.165) is 0 Å². The zero-order chi connectivity index (χ0) is 29.2. The zero-order valence-corrected chi connectivity index (χ0v) is 21.5. The highest BCUT2D eigenvalue weighted by Gasteiger charge is 2.32. The van der Waals surface area contributed by atoms with Crippen molar-refractivity contribution in [2.45, 2.75) is 18.1 Å². The van der Waals surface area contributed by atoms with Gasteiger partial charge in [-0.15, -0.1) is 0 Å². The minimum atomic E-state index is -4.89. The summed E-state index contributed by atoms with van der Waals surface area (Å²) in [4.78, 5) is 26.6. The van der Waals surface area contributed by atoms with Gasteiger partial charge < -0.3 is 45.4 Å². The first-order valence-electron chi connectivity index (χ1n) is 11.0. The summed E-state index contributed by atoms with van der Waals surface area (Å²) in [7, 11) is -3.56. The summed E-state index contributed by atoms with van der Waals surface area (Å²) in [5.41, 5.74) is 4.79. The Morgan fingerprint density at radius 1 is 1.05 bits per heavy atom. The van der Waals surface area contributed by atoms with Crippen LogP contribution < -0.4 is 30.1 Å². The van der Waals surface area contributed by atoms with E-state index in [1.165, 1.54) is 50.7 Å². The van der Waals surface area contributed by atoms with E-state index in [2.05, 4.69) is 19.9 Å². The van der Waals surface area contributed by atoms with Gasteiger partial charge in [0.2, 0.25) is 22.0 Å². The Labute approximate surface area is 225 Å². The fourth-order valence-corrected chi connectivity index (χ4v) is 4.37. The Morgan fingerprint density at radius 2 is 1.70 bits per heavy atom. The highest BCUT2D eigenvalue weighted by Crippen LogP contribution is 2.42. The van der Waals surface area contributed by atoms with Gasteiger partial charge in [-0.05, 0) is 31.2 Å². The number of sulfonamides is 1. The molecule has 210 valence electrons. The molecular formula is C23H22N6O10S. The van der Waals surface area contributed by atoms with E-state index in [-0.39, 0.29) is 34.3 Å². The second-order valence-corrected chi connectivity index (χ2v) is 9.59. The number of aromatic amines is 1. The van der Waals surface area contributed by atoms with Gasteiger partial charge in [-0.2, -0.15) is 13.4 Å². The van der Waals surface area contributed by atoms with Gasteiger partial charge >= 0.3 is 6.16 Å². The maximum atomic E-state index is 13.4. The molecule has 3 heterocycles. The summed E-state index contributed by atoms with van der Waals surface area (Å²) in [5, 5.41) is 38.0. The predicted molar refractivity (Wildman–Crippen MR) is 137 cm³/mol. The van der Waals surface area contributed by atoms with E-state index in [1.54, 1.807) is 12.1 Å². The molecule has 0 aliphatic rings. The monoisotopic (exact) mass is 574 g/mol. The molecule has 8 N–H and O–H groups in total. The second-order valence-electron chi connectivity index (χ2n) is 7.97. The van der Waals surface area contributed by atoms with Gasteiger partial charge in [-0.25, -0.2) is 4.98 Å². The lowest BCUT2D eigenvalue weighted by atomic mass is 10.2. The summed E-state index contributed by atoms with van der Waals surface area (Å²) in [6.07, 6.45) is -1.06. The highest BCUT2D eigenvalue weighted by atomic mass is 32.2. The Hall–Kier alpha value is -4.97. The standard InChI is InChI=1S/C23H22N6O10S/c1-11-15(30)16(31)22(26-18(11)24)40(35,36)29-20-17(38-14-6-4-3-5-13(14)37-2)21(39-23(32,33)34)28-19(27-20)12-7-9-25-10-8-12/h3-10,31-34H,1-2H3,(H3,24,26,30)(H,27,28,29). The van der Waals surface area contributed by atoms with Crippen molar-refractivity contribution in [2.24, 2.45) is 0 Å². The van der Waals surface area contributed by atoms with Crippen LogP contribution in [0.3, 0.4) is 0 Å². The number of hydrogen-bond acceptors (Lipinski definition) is 14. The van der Waals surface area contributed by atoms with Crippen LogP contribution in [0.4, 0.5) is 11.6 Å². The number of aromatic nitrogens is 4. The first-order chi connectivity index (χ1) is 18.8. The molecule has 40 heavy (non-hydrogen) atoms. The summed E-state index contributed by atoms with van der Waals surface area (Å²) in [6.45, 7) is 1.27. The molecule has 0 aliphatic carbocycles. The van der Waals surface area contributed by atoms with Crippen LogP contribution in [0.25, 0.3) is 11.4 Å². The van der Waals surface area contributed by atoms with Gasteiger partial charge in [0.05, 0.1) is 7.11 Å². The molecule has 0 fully saturated rings. The Kier molecular flexibility index (Phi) is 7.47. The number of hydrogen-bond donors (Lipinski definition) is 7. The van der Waals surface area contributed by atoms with Crippen LogP contribution in [0.5, 0.6) is 28.9 Å². The number of nitrogens with one attached hydrogen (secondary N) is 2. The van der Waals surface area contributed by atoms with Gasteiger partial charge in [0.25, 0.3) is 15.9 Å².